The minimum atomic E-state index is -4.85. The second-order valence-electron chi connectivity index (χ2n) is 6.77. The first-order chi connectivity index (χ1) is 14.4. The lowest BCUT2D eigenvalue weighted by Crippen LogP contribution is -2.36. The zero-order valence-corrected chi connectivity index (χ0v) is 15.7. The standard InChI is InChI=1S/C19H16F6N2O4/c20-18(21,22)12-2-4-14(5-3-12)31-15-7-13(10-30-19(23,24)25)27(9-15)16-6-1-11(8-26-16)17(28)29/h1-6,8,13,15H,7,9-10H2,(H,28,29)/t13-,15-/m0/s1. The number of aromatic carboxylic acids is 1. The molecule has 1 aliphatic heterocycles. The van der Waals surface area contributed by atoms with Crippen LogP contribution in [0.5, 0.6) is 5.75 Å². The summed E-state index contributed by atoms with van der Waals surface area (Å²) in [4.78, 5) is 16.4. The van der Waals surface area contributed by atoms with Gasteiger partial charge < -0.3 is 14.7 Å². The average molecular weight is 450 g/mol. The van der Waals surface area contributed by atoms with Crippen molar-refractivity contribution in [1.29, 1.82) is 0 Å². The summed E-state index contributed by atoms with van der Waals surface area (Å²) >= 11 is 0. The number of rotatable bonds is 6. The van der Waals surface area contributed by atoms with Crippen LogP contribution in [0.3, 0.4) is 0 Å². The van der Waals surface area contributed by atoms with Crippen LogP contribution in [0.1, 0.15) is 22.3 Å². The van der Waals surface area contributed by atoms with E-state index in [1.54, 1.807) is 0 Å². The summed E-state index contributed by atoms with van der Waals surface area (Å²) in [6.07, 6.45) is -8.85. The van der Waals surface area contributed by atoms with Crippen molar-refractivity contribution in [3.63, 3.8) is 0 Å². The summed E-state index contributed by atoms with van der Waals surface area (Å²) in [5, 5.41) is 8.95. The molecular weight excluding hydrogens is 434 g/mol. The first kappa shape index (κ1) is 22.7. The number of carboxylic acids is 1. The molecule has 3 rings (SSSR count). The third-order valence-electron chi connectivity index (χ3n) is 4.59. The van der Waals surface area contributed by atoms with Crippen LogP contribution in [0.25, 0.3) is 0 Å². The van der Waals surface area contributed by atoms with Gasteiger partial charge in [-0.05, 0) is 36.4 Å². The lowest BCUT2D eigenvalue weighted by atomic mass is 10.2. The molecule has 31 heavy (non-hydrogen) atoms. The first-order valence-corrected chi connectivity index (χ1v) is 8.93. The number of pyridine rings is 1. The van der Waals surface area contributed by atoms with E-state index < -0.39 is 42.8 Å². The van der Waals surface area contributed by atoms with Crippen LogP contribution >= 0.6 is 0 Å². The summed E-state index contributed by atoms with van der Waals surface area (Å²) in [6, 6.07) is 5.76. The normalized spacial score (nSPS) is 19.5. The molecule has 2 aromatic rings. The Bertz CT molecular complexity index is 900. The predicted octanol–water partition coefficient (Wildman–Crippen LogP) is 4.36. The van der Waals surface area contributed by atoms with Crippen LogP contribution in [0.4, 0.5) is 32.2 Å². The van der Waals surface area contributed by atoms with Crippen molar-refractivity contribution >= 4 is 11.8 Å². The zero-order chi connectivity index (χ0) is 22.8. The molecule has 1 aliphatic rings. The third kappa shape index (κ3) is 6.00. The summed E-state index contributed by atoms with van der Waals surface area (Å²) in [5.41, 5.74) is -0.948. The van der Waals surface area contributed by atoms with Gasteiger partial charge in [-0.15, -0.1) is 13.2 Å². The fourth-order valence-corrected chi connectivity index (χ4v) is 3.19. The molecule has 1 N–H and O–H groups in total. The van der Waals surface area contributed by atoms with Gasteiger partial charge in [-0.3, -0.25) is 4.74 Å². The predicted molar refractivity (Wildman–Crippen MR) is 94.8 cm³/mol. The highest BCUT2D eigenvalue weighted by atomic mass is 19.4. The molecule has 2 atom stereocenters. The van der Waals surface area contributed by atoms with Gasteiger partial charge >= 0.3 is 18.5 Å². The quantitative estimate of drug-likeness (QED) is 0.660. The molecule has 6 nitrogen and oxygen atoms in total. The molecule has 0 unspecified atom stereocenters. The van der Waals surface area contributed by atoms with E-state index in [9.17, 15) is 31.1 Å². The van der Waals surface area contributed by atoms with Gasteiger partial charge in [0.2, 0.25) is 0 Å². The topological polar surface area (TPSA) is 71.9 Å². The van der Waals surface area contributed by atoms with Crippen molar-refractivity contribution in [3.05, 3.63) is 53.7 Å². The van der Waals surface area contributed by atoms with Gasteiger partial charge in [0.15, 0.2) is 0 Å². The number of aromatic nitrogens is 1. The number of halogens is 6. The van der Waals surface area contributed by atoms with Crippen LogP contribution < -0.4 is 9.64 Å². The Kier molecular flexibility index (Phi) is 6.30. The Morgan fingerprint density at radius 2 is 1.77 bits per heavy atom. The molecule has 168 valence electrons. The van der Waals surface area contributed by atoms with E-state index in [-0.39, 0.29) is 30.1 Å². The minimum Gasteiger partial charge on any atom is -0.489 e. The van der Waals surface area contributed by atoms with Crippen molar-refractivity contribution in [2.24, 2.45) is 0 Å². The number of nitrogens with zero attached hydrogens (tertiary/aromatic N) is 2. The average Bonchev–Trinajstić information content (AvgIpc) is 3.08. The number of carbonyl (C=O) groups is 1. The molecule has 2 heterocycles. The fourth-order valence-electron chi connectivity index (χ4n) is 3.19. The lowest BCUT2D eigenvalue weighted by Gasteiger charge is -2.25. The van der Waals surface area contributed by atoms with Crippen molar-refractivity contribution in [3.8, 4) is 5.75 Å². The number of benzene rings is 1. The molecule has 0 aliphatic carbocycles. The smallest absolute Gasteiger partial charge is 0.489 e. The highest BCUT2D eigenvalue weighted by molar-refractivity contribution is 5.87. The Balaban J connectivity index is 1.74. The molecule has 1 saturated heterocycles. The summed E-state index contributed by atoms with van der Waals surface area (Å²) in [5.74, 6) is -0.857. The molecule has 12 heteroatoms. The van der Waals surface area contributed by atoms with E-state index in [0.717, 1.165) is 30.5 Å². The van der Waals surface area contributed by atoms with Crippen molar-refractivity contribution < 1.29 is 45.7 Å². The number of anilines is 1. The molecule has 0 spiro atoms. The molecule has 0 amide bonds. The van der Waals surface area contributed by atoms with E-state index in [0.29, 0.717) is 0 Å². The van der Waals surface area contributed by atoms with Crippen LogP contribution in [0.15, 0.2) is 42.6 Å². The van der Waals surface area contributed by atoms with Gasteiger partial charge in [-0.25, -0.2) is 9.78 Å². The van der Waals surface area contributed by atoms with E-state index in [2.05, 4.69) is 9.72 Å². The van der Waals surface area contributed by atoms with Crippen molar-refractivity contribution in [2.45, 2.75) is 31.1 Å². The lowest BCUT2D eigenvalue weighted by molar-refractivity contribution is -0.325. The maximum absolute atomic E-state index is 12.7. The van der Waals surface area contributed by atoms with Crippen LogP contribution in [0, 0.1) is 0 Å². The largest absolute Gasteiger partial charge is 0.522 e. The SMILES string of the molecule is O=C(O)c1ccc(N2C[C@@H](Oc3ccc(C(F)(F)F)cc3)C[C@H]2COC(F)(F)F)nc1. The summed E-state index contributed by atoms with van der Waals surface area (Å²) in [7, 11) is 0. The molecule has 0 saturated carbocycles. The number of hydrogen-bond donors (Lipinski definition) is 1. The maximum atomic E-state index is 12.7. The first-order valence-electron chi connectivity index (χ1n) is 8.93. The Morgan fingerprint density at radius 1 is 1.10 bits per heavy atom. The Labute approximate surface area is 172 Å². The third-order valence-corrected chi connectivity index (χ3v) is 4.59. The van der Waals surface area contributed by atoms with Gasteiger partial charge in [-0.2, -0.15) is 13.2 Å². The molecule has 0 bridgehead atoms. The monoisotopic (exact) mass is 450 g/mol. The molecular formula is C19H16F6N2O4. The highest BCUT2D eigenvalue weighted by Gasteiger charge is 2.38. The number of alkyl halides is 6. The summed E-state index contributed by atoms with van der Waals surface area (Å²) < 4.78 is 85.2. The Morgan fingerprint density at radius 3 is 2.29 bits per heavy atom. The van der Waals surface area contributed by atoms with Gasteiger partial charge in [-0.1, -0.05) is 0 Å². The van der Waals surface area contributed by atoms with Crippen molar-refractivity contribution in [2.75, 3.05) is 18.1 Å². The number of carboxylic acid groups (broad SMARTS) is 1. The van der Waals surface area contributed by atoms with Crippen molar-refractivity contribution in [1.82, 2.24) is 4.98 Å². The molecule has 0 radical (unpaired) electrons. The van der Waals surface area contributed by atoms with E-state index in [1.807, 2.05) is 0 Å². The van der Waals surface area contributed by atoms with Gasteiger partial charge in [0, 0.05) is 12.6 Å². The van der Waals surface area contributed by atoms with E-state index in [4.69, 9.17) is 9.84 Å². The fraction of sp³-hybridized carbons (Fsp3) is 0.368. The second-order valence-corrected chi connectivity index (χ2v) is 6.77. The van der Waals surface area contributed by atoms with Crippen LogP contribution in [0.2, 0.25) is 0 Å². The summed E-state index contributed by atoms with van der Waals surface area (Å²) in [6.45, 7) is -0.648. The second kappa shape index (κ2) is 8.61. The molecule has 1 fully saturated rings. The van der Waals surface area contributed by atoms with Crippen LogP contribution in [-0.2, 0) is 10.9 Å². The van der Waals surface area contributed by atoms with Gasteiger partial charge in [0.1, 0.15) is 17.7 Å². The van der Waals surface area contributed by atoms with Gasteiger partial charge in [0.05, 0.1) is 30.3 Å². The molecule has 1 aromatic heterocycles. The number of hydrogen-bond acceptors (Lipinski definition) is 5. The van der Waals surface area contributed by atoms with Gasteiger partial charge in [0.25, 0.3) is 0 Å². The zero-order valence-electron chi connectivity index (χ0n) is 15.7. The Hall–Kier alpha value is -3.02. The van der Waals surface area contributed by atoms with E-state index >= 15 is 0 Å². The van der Waals surface area contributed by atoms with E-state index in [1.165, 1.54) is 17.0 Å². The van der Waals surface area contributed by atoms with Crippen LogP contribution in [-0.4, -0.2) is 47.7 Å². The minimum absolute atomic E-state index is 0.0757. The number of ether oxygens (including phenoxy) is 2. The molecule has 1 aromatic carbocycles. The highest BCUT2D eigenvalue weighted by Crippen LogP contribution is 2.32. The maximum Gasteiger partial charge on any atom is 0.522 e.